The Labute approximate surface area is 185 Å². The summed E-state index contributed by atoms with van der Waals surface area (Å²) in [7, 11) is 4.54. The maximum atomic E-state index is 12.5. The summed E-state index contributed by atoms with van der Waals surface area (Å²) in [5, 5.41) is 7.09. The standard InChI is InChI=1S/C23H25N3O6/c1-5-32-17-8-6-16(7-9-17)24-21(27)14-26-22(28)11-10-18(25-26)15-12-19(29-2)23(31-4)20(13-15)30-3/h6-13H,5,14H2,1-4H3,(H,24,27). The van der Waals surface area contributed by atoms with Crippen LogP contribution in [0.15, 0.2) is 53.3 Å². The van der Waals surface area contributed by atoms with Gasteiger partial charge in [0.25, 0.3) is 5.56 Å². The van der Waals surface area contributed by atoms with Crippen LogP contribution in [-0.4, -0.2) is 43.6 Å². The van der Waals surface area contributed by atoms with E-state index in [-0.39, 0.29) is 12.5 Å². The van der Waals surface area contributed by atoms with Crippen molar-refractivity contribution in [1.29, 1.82) is 0 Å². The fourth-order valence-corrected chi connectivity index (χ4v) is 3.08. The van der Waals surface area contributed by atoms with E-state index in [1.165, 1.54) is 27.4 Å². The van der Waals surface area contributed by atoms with Crippen LogP contribution in [0.5, 0.6) is 23.0 Å². The highest BCUT2D eigenvalue weighted by Gasteiger charge is 2.16. The molecule has 1 N–H and O–H groups in total. The Bertz CT molecular complexity index is 1120. The minimum Gasteiger partial charge on any atom is -0.494 e. The van der Waals surface area contributed by atoms with Gasteiger partial charge in [0, 0.05) is 17.3 Å². The monoisotopic (exact) mass is 439 g/mol. The molecule has 0 bridgehead atoms. The predicted octanol–water partition coefficient (Wildman–Crippen LogP) is 2.97. The number of hydrogen-bond donors (Lipinski definition) is 1. The number of methoxy groups -OCH3 is 3. The summed E-state index contributed by atoms with van der Waals surface area (Å²) < 4.78 is 22.6. The number of anilines is 1. The van der Waals surface area contributed by atoms with E-state index in [0.717, 1.165) is 4.68 Å². The number of aromatic nitrogens is 2. The number of carbonyl (C=O) groups excluding carboxylic acids is 1. The first kappa shape index (κ1) is 22.7. The SMILES string of the molecule is CCOc1ccc(NC(=O)Cn2nc(-c3cc(OC)c(OC)c(OC)c3)ccc2=O)cc1. The smallest absolute Gasteiger partial charge is 0.267 e. The lowest BCUT2D eigenvalue weighted by Crippen LogP contribution is -2.29. The van der Waals surface area contributed by atoms with Crippen LogP contribution < -0.4 is 29.8 Å². The van der Waals surface area contributed by atoms with Gasteiger partial charge in [0.15, 0.2) is 11.5 Å². The van der Waals surface area contributed by atoms with E-state index in [1.54, 1.807) is 42.5 Å². The predicted molar refractivity (Wildman–Crippen MR) is 120 cm³/mol. The van der Waals surface area contributed by atoms with E-state index in [4.69, 9.17) is 18.9 Å². The van der Waals surface area contributed by atoms with E-state index < -0.39 is 5.56 Å². The molecule has 0 saturated carbocycles. The molecule has 1 heterocycles. The molecule has 0 unspecified atom stereocenters. The fourth-order valence-electron chi connectivity index (χ4n) is 3.08. The number of nitrogens with one attached hydrogen (secondary N) is 1. The molecule has 0 aliphatic rings. The van der Waals surface area contributed by atoms with Gasteiger partial charge in [-0.05, 0) is 49.4 Å². The van der Waals surface area contributed by atoms with Gasteiger partial charge >= 0.3 is 0 Å². The van der Waals surface area contributed by atoms with Gasteiger partial charge in [-0.25, -0.2) is 4.68 Å². The first-order chi connectivity index (χ1) is 15.5. The molecule has 2 aromatic carbocycles. The highest BCUT2D eigenvalue weighted by molar-refractivity contribution is 5.90. The second kappa shape index (κ2) is 10.3. The van der Waals surface area contributed by atoms with E-state index in [1.807, 2.05) is 6.92 Å². The molecule has 168 valence electrons. The second-order valence-electron chi connectivity index (χ2n) is 6.63. The van der Waals surface area contributed by atoms with Crippen LogP contribution in [0.2, 0.25) is 0 Å². The topological polar surface area (TPSA) is 101 Å². The fraction of sp³-hybridized carbons (Fsp3) is 0.261. The van der Waals surface area contributed by atoms with Gasteiger partial charge < -0.3 is 24.3 Å². The number of benzene rings is 2. The third kappa shape index (κ3) is 5.18. The summed E-state index contributed by atoms with van der Waals surface area (Å²) >= 11 is 0. The first-order valence-corrected chi connectivity index (χ1v) is 9.90. The molecule has 1 aromatic heterocycles. The molecule has 3 rings (SSSR count). The second-order valence-corrected chi connectivity index (χ2v) is 6.63. The maximum Gasteiger partial charge on any atom is 0.267 e. The molecular formula is C23H25N3O6. The van der Waals surface area contributed by atoms with E-state index in [2.05, 4.69) is 10.4 Å². The molecule has 0 aliphatic carbocycles. The molecule has 1 amide bonds. The zero-order valence-corrected chi connectivity index (χ0v) is 18.4. The number of hydrogen-bond acceptors (Lipinski definition) is 7. The Morgan fingerprint density at radius 2 is 1.62 bits per heavy atom. The van der Waals surface area contributed by atoms with Crippen molar-refractivity contribution in [3.63, 3.8) is 0 Å². The van der Waals surface area contributed by atoms with Crippen molar-refractivity contribution < 1.29 is 23.7 Å². The average molecular weight is 439 g/mol. The number of ether oxygens (including phenoxy) is 4. The van der Waals surface area contributed by atoms with E-state index in [0.29, 0.717) is 46.5 Å². The lowest BCUT2D eigenvalue weighted by molar-refractivity contribution is -0.117. The summed E-state index contributed by atoms with van der Waals surface area (Å²) in [6.45, 7) is 2.21. The molecule has 32 heavy (non-hydrogen) atoms. The summed E-state index contributed by atoms with van der Waals surface area (Å²) in [5.74, 6) is 1.68. The first-order valence-electron chi connectivity index (χ1n) is 9.90. The Hall–Kier alpha value is -4.01. The molecular weight excluding hydrogens is 414 g/mol. The molecule has 0 aliphatic heterocycles. The molecule has 9 heteroatoms. The van der Waals surface area contributed by atoms with Crippen molar-refractivity contribution in [3.05, 3.63) is 58.9 Å². The van der Waals surface area contributed by atoms with Crippen molar-refractivity contribution >= 4 is 11.6 Å². The van der Waals surface area contributed by atoms with E-state index in [9.17, 15) is 9.59 Å². The summed E-state index contributed by atoms with van der Waals surface area (Å²) in [4.78, 5) is 24.8. The van der Waals surface area contributed by atoms with Gasteiger partial charge in [-0.3, -0.25) is 9.59 Å². The number of amides is 1. The molecule has 0 fully saturated rings. The van der Waals surface area contributed by atoms with Crippen molar-refractivity contribution in [2.24, 2.45) is 0 Å². The summed E-state index contributed by atoms with van der Waals surface area (Å²) in [6.07, 6.45) is 0. The lowest BCUT2D eigenvalue weighted by atomic mass is 10.1. The van der Waals surface area contributed by atoms with Gasteiger partial charge in [0.1, 0.15) is 12.3 Å². The number of rotatable bonds is 9. The van der Waals surface area contributed by atoms with Crippen LogP contribution in [0.4, 0.5) is 5.69 Å². The van der Waals surface area contributed by atoms with Crippen LogP contribution in [0.1, 0.15) is 6.92 Å². The molecule has 0 atom stereocenters. The Balaban J connectivity index is 1.83. The van der Waals surface area contributed by atoms with Crippen molar-refractivity contribution in [2.75, 3.05) is 33.3 Å². The lowest BCUT2D eigenvalue weighted by Gasteiger charge is -2.14. The molecule has 3 aromatic rings. The third-order valence-electron chi connectivity index (χ3n) is 4.57. The third-order valence-corrected chi connectivity index (χ3v) is 4.57. The van der Waals surface area contributed by atoms with Gasteiger partial charge in [-0.15, -0.1) is 0 Å². The minimum atomic E-state index is -0.400. The quantitative estimate of drug-likeness (QED) is 0.547. The van der Waals surface area contributed by atoms with Crippen LogP contribution in [0.3, 0.4) is 0 Å². The van der Waals surface area contributed by atoms with Gasteiger partial charge in [-0.1, -0.05) is 0 Å². The summed E-state index contributed by atoms with van der Waals surface area (Å²) in [5.41, 5.74) is 1.30. The van der Waals surface area contributed by atoms with Gasteiger partial charge in [0.05, 0.1) is 33.6 Å². The zero-order chi connectivity index (χ0) is 23.1. The largest absolute Gasteiger partial charge is 0.494 e. The van der Waals surface area contributed by atoms with Crippen molar-refractivity contribution in [1.82, 2.24) is 9.78 Å². The highest BCUT2D eigenvalue weighted by atomic mass is 16.5. The maximum absolute atomic E-state index is 12.5. The normalized spacial score (nSPS) is 10.4. The zero-order valence-electron chi connectivity index (χ0n) is 18.4. The van der Waals surface area contributed by atoms with Crippen molar-refractivity contribution in [2.45, 2.75) is 13.5 Å². The average Bonchev–Trinajstić information content (AvgIpc) is 2.80. The molecule has 0 radical (unpaired) electrons. The number of carbonyl (C=O) groups is 1. The molecule has 9 nitrogen and oxygen atoms in total. The van der Waals surface area contributed by atoms with Crippen molar-refractivity contribution in [3.8, 4) is 34.3 Å². The van der Waals surface area contributed by atoms with Crippen LogP contribution >= 0.6 is 0 Å². The van der Waals surface area contributed by atoms with Crippen LogP contribution in [0.25, 0.3) is 11.3 Å². The minimum absolute atomic E-state index is 0.246. The molecule has 0 spiro atoms. The van der Waals surface area contributed by atoms with Crippen LogP contribution in [-0.2, 0) is 11.3 Å². The highest BCUT2D eigenvalue weighted by Crippen LogP contribution is 2.40. The Kier molecular flexibility index (Phi) is 7.33. The Morgan fingerprint density at radius 1 is 0.969 bits per heavy atom. The summed E-state index contributed by atoms with van der Waals surface area (Å²) in [6, 6.07) is 13.3. The number of nitrogens with zero attached hydrogens (tertiary/aromatic N) is 2. The Morgan fingerprint density at radius 3 is 2.19 bits per heavy atom. The van der Waals surface area contributed by atoms with Gasteiger partial charge in [0.2, 0.25) is 11.7 Å². The van der Waals surface area contributed by atoms with Gasteiger partial charge in [-0.2, -0.15) is 5.10 Å². The molecule has 0 saturated heterocycles. The van der Waals surface area contributed by atoms with E-state index >= 15 is 0 Å². The van der Waals surface area contributed by atoms with Crippen LogP contribution in [0, 0.1) is 0 Å².